The van der Waals surface area contributed by atoms with Gasteiger partial charge in [0, 0.05) is 25.1 Å². The second-order valence-electron chi connectivity index (χ2n) is 6.85. The van der Waals surface area contributed by atoms with Crippen LogP contribution in [0.15, 0.2) is 23.1 Å². The van der Waals surface area contributed by atoms with E-state index in [-0.39, 0.29) is 5.91 Å². The van der Waals surface area contributed by atoms with Gasteiger partial charge < -0.3 is 9.64 Å². The summed E-state index contributed by atoms with van der Waals surface area (Å²) >= 11 is 0. The van der Waals surface area contributed by atoms with E-state index in [0.717, 1.165) is 30.5 Å². The summed E-state index contributed by atoms with van der Waals surface area (Å²) in [6.45, 7) is 7.23. The Kier molecular flexibility index (Phi) is 6.04. The minimum Gasteiger partial charge on any atom is -0.369 e. The summed E-state index contributed by atoms with van der Waals surface area (Å²) in [5, 5.41) is 0. The highest BCUT2D eigenvalue weighted by atomic mass is 32.2. The third-order valence-electron chi connectivity index (χ3n) is 4.27. The van der Waals surface area contributed by atoms with Crippen molar-refractivity contribution < 1.29 is 17.9 Å². The largest absolute Gasteiger partial charge is 0.369 e. The number of amides is 1. The molecule has 1 unspecified atom stereocenters. The molecule has 1 aliphatic rings. The minimum atomic E-state index is -3.24. The number of anilines is 1. The van der Waals surface area contributed by atoms with E-state index in [9.17, 15) is 13.2 Å². The van der Waals surface area contributed by atoms with Crippen LogP contribution in [0, 0.1) is 5.92 Å². The fraction of sp³-hybridized carbons (Fsp3) is 0.611. The number of hydrogen-bond donors (Lipinski definition) is 0. The first-order valence-corrected chi connectivity index (χ1v) is 10.3. The summed E-state index contributed by atoms with van der Waals surface area (Å²) in [6.07, 6.45) is 3.23. The van der Waals surface area contributed by atoms with Gasteiger partial charge in [0.25, 0.3) is 5.91 Å². The monoisotopic (exact) mass is 353 g/mol. The molecule has 5 nitrogen and oxygen atoms in total. The molecule has 2 rings (SSSR count). The Morgan fingerprint density at radius 1 is 1.29 bits per heavy atom. The van der Waals surface area contributed by atoms with Gasteiger partial charge in [0.1, 0.15) is 6.10 Å². The third-order valence-corrected chi connectivity index (χ3v) is 5.38. The van der Waals surface area contributed by atoms with Crippen LogP contribution in [-0.2, 0) is 25.8 Å². The molecule has 1 atom stereocenters. The molecule has 1 aromatic rings. The van der Waals surface area contributed by atoms with Gasteiger partial charge in [-0.1, -0.05) is 13.8 Å². The molecule has 0 bridgehead atoms. The summed E-state index contributed by atoms with van der Waals surface area (Å²) in [7, 11) is -3.24. The molecule has 0 saturated carbocycles. The number of hydrogen-bond acceptors (Lipinski definition) is 4. The molecular formula is C18H27NO4S. The summed E-state index contributed by atoms with van der Waals surface area (Å²) < 4.78 is 29.1. The van der Waals surface area contributed by atoms with Gasteiger partial charge in [-0.2, -0.15) is 0 Å². The number of carbonyl (C=O) groups is 1. The number of carbonyl (C=O) groups excluding carboxylic acids is 1. The molecule has 0 saturated heterocycles. The van der Waals surface area contributed by atoms with E-state index < -0.39 is 15.9 Å². The Morgan fingerprint density at radius 2 is 2.00 bits per heavy atom. The van der Waals surface area contributed by atoms with Gasteiger partial charge in [-0.3, -0.25) is 4.79 Å². The highest BCUT2D eigenvalue weighted by Crippen LogP contribution is 2.30. The lowest BCUT2D eigenvalue weighted by atomic mass is 10.0. The van der Waals surface area contributed by atoms with Crippen LogP contribution in [0.1, 0.15) is 39.2 Å². The first-order chi connectivity index (χ1) is 11.2. The maximum atomic E-state index is 12.7. The first-order valence-electron chi connectivity index (χ1n) is 8.46. The molecular weight excluding hydrogens is 326 g/mol. The van der Waals surface area contributed by atoms with Crippen LogP contribution in [0.2, 0.25) is 0 Å². The molecule has 134 valence electrons. The van der Waals surface area contributed by atoms with Crippen LogP contribution >= 0.6 is 0 Å². The molecule has 0 radical (unpaired) electrons. The molecule has 0 N–H and O–H groups in total. The molecule has 1 aromatic carbocycles. The van der Waals surface area contributed by atoms with Crippen molar-refractivity contribution in [2.75, 3.05) is 24.3 Å². The fourth-order valence-electron chi connectivity index (χ4n) is 2.80. The van der Waals surface area contributed by atoms with Gasteiger partial charge in [0.2, 0.25) is 0 Å². The van der Waals surface area contributed by atoms with Gasteiger partial charge in [0.15, 0.2) is 9.84 Å². The standard InChI is InChI=1S/C18H27NO4S/c1-13(2)9-11-23-14(3)18(20)19-10-5-6-15-12-16(24(4,21)22)7-8-17(15)19/h7-8,12-14H,5-6,9-11H2,1-4H3. The highest BCUT2D eigenvalue weighted by Gasteiger charge is 2.27. The van der Waals surface area contributed by atoms with Crippen molar-refractivity contribution in [2.45, 2.75) is 51.0 Å². The normalized spacial score (nSPS) is 16.1. The first kappa shape index (κ1) is 18.9. The van der Waals surface area contributed by atoms with Crippen molar-refractivity contribution in [2.24, 2.45) is 5.92 Å². The van der Waals surface area contributed by atoms with E-state index in [0.29, 0.717) is 24.0 Å². The average molecular weight is 353 g/mol. The van der Waals surface area contributed by atoms with E-state index in [2.05, 4.69) is 13.8 Å². The number of aryl methyl sites for hydroxylation is 1. The van der Waals surface area contributed by atoms with Gasteiger partial charge in [0.05, 0.1) is 4.90 Å². The Labute approximate surface area is 144 Å². The van der Waals surface area contributed by atoms with E-state index in [4.69, 9.17) is 4.74 Å². The van der Waals surface area contributed by atoms with Crippen molar-refractivity contribution in [1.29, 1.82) is 0 Å². The molecule has 0 aliphatic carbocycles. The number of rotatable bonds is 6. The van der Waals surface area contributed by atoms with Gasteiger partial charge in [-0.25, -0.2) is 8.42 Å². The zero-order chi connectivity index (χ0) is 17.9. The Balaban J connectivity index is 2.15. The van der Waals surface area contributed by atoms with Crippen molar-refractivity contribution in [3.05, 3.63) is 23.8 Å². The lowest BCUT2D eigenvalue weighted by molar-refractivity contribution is -0.129. The number of fused-ring (bicyclic) bond motifs is 1. The predicted molar refractivity (Wildman–Crippen MR) is 95.1 cm³/mol. The maximum Gasteiger partial charge on any atom is 0.255 e. The lowest BCUT2D eigenvalue weighted by Crippen LogP contribution is -2.42. The van der Waals surface area contributed by atoms with Crippen molar-refractivity contribution >= 4 is 21.4 Å². The molecule has 0 spiro atoms. The Bertz CT molecular complexity index is 697. The number of nitrogens with zero attached hydrogens (tertiary/aromatic N) is 1. The number of ether oxygens (including phenoxy) is 1. The summed E-state index contributed by atoms with van der Waals surface area (Å²) in [5.41, 5.74) is 1.71. The molecule has 0 aromatic heterocycles. The van der Waals surface area contributed by atoms with Gasteiger partial charge in [-0.15, -0.1) is 0 Å². The Hall–Kier alpha value is -1.40. The number of sulfone groups is 1. The average Bonchev–Trinajstić information content (AvgIpc) is 2.51. The molecule has 1 aliphatic heterocycles. The third kappa shape index (κ3) is 4.57. The molecule has 1 heterocycles. The minimum absolute atomic E-state index is 0.0631. The van der Waals surface area contributed by atoms with Crippen LogP contribution in [-0.4, -0.2) is 39.8 Å². The molecule has 1 amide bonds. The van der Waals surface area contributed by atoms with E-state index >= 15 is 0 Å². The van der Waals surface area contributed by atoms with E-state index in [1.54, 1.807) is 30.0 Å². The quantitative estimate of drug-likeness (QED) is 0.789. The maximum absolute atomic E-state index is 12.7. The smallest absolute Gasteiger partial charge is 0.255 e. The lowest BCUT2D eigenvalue weighted by Gasteiger charge is -2.31. The van der Waals surface area contributed by atoms with Crippen molar-refractivity contribution in [3.63, 3.8) is 0 Å². The van der Waals surface area contributed by atoms with Crippen molar-refractivity contribution in [3.8, 4) is 0 Å². The second kappa shape index (κ2) is 7.66. The number of benzene rings is 1. The predicted octanol–water partition coefficient (Wildman–Crippen LogP) is 2.82. The van der Waals surface area contributed by atoms with Crippen LogP contribution in [0.5, 0.6) is 0 Å². The summed E-state index contributed by atoms with van der Waals surface area (Å²) in [5.74, 6) is 0.476. The SMILES string of the molecule is CC(C)CCOC(C)C(=O)N1CCCc2cc(S(C)(=O)=O)ccc21. The molecule has 24 heavy (non-hydrogen) atoms. The second-order valence-corrected chi connectivity index (χ2v) is 8.87. The topological polar surface area (TPSA) is 63.7 Å². The van der Waals surface area contributed by atoms with Crippen LogP contribution < -0.4 is 4.90 Å². The zero-order valence-electron chi connectivity index (χ0n) is 14.9. The van der Waals surface area contributed by atoms with E-state index in [1.165, 1.54) is 6.26 Å². The summed E-state index contributed by atoms with van der Waals surface area (Å²) in [6, 6.07) is 5.00. The highest BCUT2D eigenvalue weighted by molar-refractivity contribution is 7.90. The molecule has 6 heteroatoms. The zero-order valence-corrected chi connectivity index (χ0v) is 15.7. The van der Waals surface area contributed by atoms with Crippen LogP contribution in [0.3, 0.4) is 0 Å². The fourth-order valence-corrected chi connectivity index (χ4v) is 3.48. The van der Waals surface area contributed by atoms with Crippen LogP contribution in [0.25, 0.3) is 0 Å². The Morgan fingerprint density at radius 3 is 2.62 bits per heavy atom. The molecule has 0 fully saturated rings. The van der Waals surface area contributed by atoms with Crippen LogP contribution in [0.4, 0.5) is 5.69 Å². The van der Waals surface area contributed by atoms with E-state index in [1.807, 2.05) is 0 Å². The summed E-state index contributed by atoms with van der Waals surface area (Å²) in [4.78, 5) is 14.7. The van der Waals surface area contributed by atoms with Gasteiger partial charge in [-0.05, 0) is 55.9 Å². The van der Waals surface area contributed by atoms with Gasteiger partial charge >= 0.3 is 0 Å². The van der Waals surface area contributed by atoms with Crippen molar-refractivity contribution in [1.82, 2.24) is 0 Å².